The van der Waals surface area contributed by atoms with E-state index in [1.165, 1.54) is 6.07 Å². The molecule has 2 nitrogen and oxygen atoms in total. The number of benzene rings is 2. The number of rotatable bonds is 3. The average molecular weight is 287 g/mol. The van der Waals surface area contributed by atoms with Crippen LogP contribution in [-0.4, -0.2) is 4.98 Å². The number of aromatic nitrogens is 1. The summed E-state index contributed by atoms with van der Waals surface area (Å²) < 4.78 is 13.1. The highest BCUT2D eigenvalue weighted by atomic mass is 35.5. The van der Waals surface area contributed by atoms with Crippen molar-refractivity contribution >= 4 is 28.2 Å². The van der Waals surface area contributed by atoms with Crippen LogP contribution in [0.3, 0.4) is 0 Å². The average Bonchev–Trinajstić information content (AvgIpc) is 2.48. The van der Waals surface area contributed by atoms with Gasteiger partial charge in [-0.2, -0.15) is 0 Å². The van der Waals surface area contributed by atoms with Crippen LogP contribution in [0.5, 0.6) is 0 Å². The minimum absolute atomic E-state index is 0.134. The van der Waals surface area contributed by atoms with Gasteiger partial charge < -0.3 is 5.32 Å². The molecule has 0 unspecified atom stereocenters. The predicted molar refractivity (Wildman–Crippen MR) is 80.5 cm³/mol. The van der Waals surface area contributed by atoms with Gasteiger partial charge in [-0.3, -0.25) is 0 Å². The highest BCUT2D eigenvalue weighted by Crippen LogP contribution is 2.22. The summed E-state index contributed by atoms with van der Waals surface area (Å²) in [4.78, 5) is 4.34. The number of anilines is 1. The molecule has 0 aliphatic carbocycles. The molecule has 0 amide bonds. The van der Waals surface area contributed by atoms with E-state index in [1.807, 2.05) is 30.3 Å². The topological polar surface area (TPSA) is 24.9 Å². The Balaban J connectivity index is 1.85. The van der Waals surface area contributed by atoms with Crippen LogP contribution in [0.2, 0.25) is 5.02 Å². The molecule has 0 spiro atoms. The van der Waals surface area contributed by atoms with E-state index in [1.54, 1.807) is 18.3 Å². The first-order valence-electron chi connectivity index (χ1n) is 6.25. The van der Waals surface area contributed by atoms with Crippen LogP contribution in [-0.2, 0) is 6.54 Å². The molecule has 0 saturated heterocycles. The maximum atomic E-state index is 13.1. The maximum Gasteiger partial charge on any atom is 0.141 e. The normalized spacial score (nSPS) is 10.7. The van der Waals surface area contributed by atoms with E-state index in [0.29, 0.717) is 6.54 Å². The SMILES string of the molecule is Fc1ccc(CNc2nccc3ccccc23)cc1Cl. The number of nitrogens with one attached hydrogen (secondary N) is 1. The van der Waals surface area contributed by atoms with Gasteiger partial charge in [-0.1, -0.05) is 41.9 Å². The van der Waals surface area contributed by atoms with Gasteiger partial charge in [0, 0.05) is 18.1 Å². The largest absolute Gasteiger partial charge is 0.365 e. The Morgan fingerprint density at radius 2 is 1.95 bits per heavy atom. The number of fused-ring (bicyclic) bond motifs is 1. The minimum atomic E-state index is -0.404. The molecule has 3 aromatic rings. The summed E-state index contributed by atoms with van der Waals surface area (Å²) in [5.41, 5.74) is 0.908. The Bertz CT molecular complexity index is 753. The van der Waals surface area contributed by atoms with Crippen molar-refractivity contribution < 1.29 is 4.39 Å². The smallest absolute Gasteiger partial charge is 0.141 e. The lowest BCUT2D eigenvalue weighted by Crippen LogP contribution is -2.02. The lowest BCUT2D eigenvalue weighted by molar-refractivity contribution is 0.627. The van der Waals surface area contributed by atoms with Crippen molar-refractivity contribution in [3.05, 3.63) is 71.1 Å². The molecule has 1 heterocycles. The predicted octanol–water partition coefficient (Wildman–Crippen LogP) is 4.64. The van der Waals surface area contributed by atoms with Crippen molar-refractivity contribution in [2.45, 2.75) is 6.54 Å². The highest BCUT2D eigenvalue weighted by molar-refractivity contribution is 6.30. The van der Waals surface area contributed by atoms with Crippen LogP contribution < -0.4 is 5.32 Å². The molecule has 100 valence electrons. The molecule has 4 heteroatoms. The Morgan fingerprint density at radius 1 is 1.10 bits per heavy atom. The first-order valence-corrected chi connectivity index (χ1v) is 6.63. The zero-order chi connectivity index (χ0) is 13.9. The molecule has 20 heavy (non-hydrogen) atoms. The standard InChI is InChI=1S/C16H12ClFN2/c17-14-9-11(5-6-15(14)18)10-20-16-13-4-2-1-3-12(13)7-8-19-16/h1-9H,10H2,(H,19,20). The van der Waals surface area contributed by atoms with Crippen LogP contribution in [0.15, 0.2) is 54.7 Å². The number of nitrogens with zero attached hydrogens (tertiary/aromatic N) is 1. The van der Waals surface area contributed by atoms with E-state index in [2.05, 4.69) is 10.3 Å². The van der Waals surface area contributed by atoms with Gasteiger partial charge in [0.2, 0.25) is 0 Å². The molecule has 0 aliphatic heterocycles. The third kappa shape index (κ3) is 2.58. The van der Waals surface area contributed by atoms with Gasteiger partial charge in [-0.15, -0.1) is 0 Å². The first kappa shape index (κ1) is 12.9. The van der Waals surface area contributed by atoms with Gasteiger partial charge >= 0.3 is 0 Å². The molecule has 3 rings (SSSR count). The van der Waals surface area contributed by atoms with E-state index in [-0.39, 0.29) is 5.02 Å². The molecule has 0 bridgehead atoms. The van der Waals surface area contributed by atoms with E-state index in [0.717, 1.165) is 22.2 Å². The molecule has 0 fully saturated rings. The van der Waals surface area contributed by atoms with Crippen molar-refractivity contribution in [3.63, 3.8) is 0 Å². The lowest BCUT2D eigenvalue weighted by Gasteiger charge is -2.09. The number of pyridine rings is 1. The molecular formula is C16H12ClFN2. The van der Waals surface area contributed by atoms with Crippen LogP contribution in [0.1, 0.15) is 5.56 Å². The van der Waals surface area contributed by atoms with Crippen molar-refractivity contribution in [3.8, 4) is 0 Å². The second-order valence-electron chi connectivity index (χ2n) is 4.48. The number of halogens is 2. The monoisotopic (exact) mass is 286 g/mol. The number of hydrogen-bond acceptors (Lipinski definition) is 2. The molecule has 2 aromatic carbocycles. The van der Waals surface area contributed by atoms with E-state index in [4.69, 9.17) is 11.6 Å². The maximum absolute atomic E-state index is 13.1. The van der Waals surface area contributed by atoms with Crippen molar-refractivity contribution in [1.82, 2.24) is 4.98 Å². The Morgan fingerprint density at radius 3 is 2.80 bits per heavy atom. The Kier molecular flexibility index (Phi) is 3.52. The van der Waals surface area contributed by atoms with Crippen LogP contribution in [0.4, 0.5) is 10.2 Å². The molecule has 1 N–H and O–H groups in total. The van der Waals surface area contributed by atoms with Crippen molar-refractivity contribution in [1.29, 1.82) is 0 Å². The molecule has 1 aromatic heterocycles. The third-order valence-corrected chi connectivity index (χ3v) is 3.41. The molecule has 0 radical (unpaired) electrons. The molecule has 0 atom stereocenters. The summed E-state index contributed by atoms with van der Waals surface area (Å²) in [6.45, 7) is 0.543. The second kappa shape index (κ2) is 5.47. The van der Waals surface area contributed by atoms with Gasteiger partial charge in [-0.05, 0) is 29.1 Å². The molecule has 0 aliphatic rings. The van der Waals surface area contributed by atoms with Gasteiger partial charge in [0.25, 0.3) is 0 Å². The Hall–Kier alpha value is -2.13. The van der Waals surface area contributed by atoms with Gasteiger partial charge in [0.1, 0.15) is 11.6 Å². The summed E-state index contributed by atoms with van der Waals surface area (Å²) in [5, 5.41) is 5.58. The summed E-state index contributed by atoms with van der Waals surface area (Å²) >= 11 is 5.77. The van der Waals surface area contributed by atoms with Crippen LogP contribution >= 0.6 is 11.6 Å². The number of hydrogen-bond donors (Lipinski definition) is 1. The fourth-order valence-electron chi connectivity index (χ4n) is 2.10. The zero-order valence-corrected chi connectivity index (χ0v) is 11.4. The zero-order valence-electron chi connectivity index (χ0n) is 10.6. The fourth-order valence-corrected chi connectivity index (χ4v) is 2.30. The quantitative estimate of drug-likeness (QED) is 0.759. The highest BCUT2D eigenvalue weighted by Gasteiger charge is 2.03. The summed E-state index contributed by atoms with van der Waals surface area (Å²) in [5.74, 6) is 0.405. The summed E-state index contributed by atoms with van der Waals surface area (Å²) in [7, 11) is 0. The van der Waals surface area contributed by atoms with Gasteiger partial charge in [0.15, 0.2) is 0 Å². The fraction of sp³-hybridized carbons (Fsp3) is 0.0625. The minimum Gasteiger partial charge on any atom is -0.365 e. The van der Waals surface area contributed by atoms with Crippen molar-refractivity contribution in [2.24, 2.45) is 0 Å². The van der Waals surface area contributed by atoms with Gasteiger partial charge in [-0.25, -0.2) is 9.37 Å². The Labute approximate surface area is 121 Å². The van der Waals surface area contributed by atoms with Crippen LogP contribution in [0.25, 0.3) is 10.8 Å². The third-order valence-electron chi connectivity index (χ3n) is 3.12. The van der Waals surface area contributed by atoms with Gasteiger partial charge in [0.05, 0.1) is 5.02 Å². The van der Waals surface area contributed by atoms with E-state index < -0.39 is 5.82 Å². The van der Waals surface area contributed by atoms with Crippen molar-refractivity contribution in [2.75, 3.05) is 5.32 Å². The second-order valence-corrected chi connectivity index (χ2v) is 4.89. The summed E-state index contributed by atoms with van der Waals surface area (Å²) in [6.07, 6.45) is 1.77. The van der Waals surface area contributed by atoms with E-state index in [9.17, 15) is 4.39 Å². The van der Waals surface area contributed by atoms with E-state index >= 15 is 0 Å². The summed E-state index contributed by atoms with van der Waals surface area (Å²) in [6, 6.07) is 14.7. The molecular weight excluding hydrogens is 275 g/mol. The van der Waals surface area contributed by atoms with Crippen LogP contribution in [0, 0.1) is 5.82 Å². The lowest BCUT2D eigenvalue weighted by atomic mass is 10.1. The molecule has 0 saturated carbocycles. The first-order chi connectivity index (χ1) is 9.74.